The maximum Gasteiger partial charge on any atom is 0.0708 e. The van der Waals surface area contributed by atoms with Crippen LogP contribution in [0.1, 0.15) is 60.8 Å². The van der Waals surface area contributed by atoms with Crippen molar-refractivity contribution < 1.29 is 0 Å². The number of aryl methyl sites for hydroxylation is 3. The Morgan fingerprint density at radius 2 is 1.71 bits per heavy atom. The van der Waals surface area contributed by atoms with Crippen LogP contribution >= 0.6 is 11.6 Å². The van der Waals surface area contributed by atoms with Crippen molar-refractivity contribution in [2.24, 2.45) is 0 Å². The highest BCUT2D eigenvalue weighted by atomic mass is 35.5. The second-order valence-electron chi connectivity index (χ2n) is 9.86. The molecule has 0 aromatic heterocycles. The molecule has 31 heavy (non-hydrogen) atoms. The van der Waals surface area contributed by atoms with Gasteiger partial charge in [-0.15, -0.1) is 0 Å². The van der Waals surface area contributed by atoms with Crippen molar-refractivity contribution in [1.29, 1.82) is 0 Å². The van der Waals surface area contributed by atoms with Crippen LogP contribution in [0.15, 0.2) is 30.3 Å². The summed E-state index contributed by atoms with van der Waals surface area (Å²) in [7, 11) is 0. The molecule has 0 bridgehead atoms. The van der Waals surface area contributed by atoms with Crippen LogP contribution in [0.4, 0.5) is 11.4 Å². The molecule has 3 heterocycles. The van der Waals surface area contributed by atoms with Crippen LogP contribution in [0, 0.1) is 6.92 Å². The van der Waals surface area contributed by atoms with E-state index in [9.17, 15) is 0 Å². The first-order valence-electron chi connectivity index (χ1n) is 12.2. The minimum atomic E-state index is 0.608. The molecular weight excluding hydrogens is 402 g/mol. The molecule has 1 saturated heterocycles. The Hall–Kier alpha value is -1.71. The fraction of sp³-hybridized carbons (Fsp3) is 0.556. The monoisotopic (exact) mass is 437 g/mol. The Bertz CT molecular complexity index is 940. The second-order valence-corrected chi connectivity index (χ2v) is 10.2. The number of benzene rings is 2. The minimum Gasteiger partial charge on any atom is -0.371 e. The minimum absolute atomic E-state index is 0.608. The number of halogens is 1. The molecule has 1 fully saturated rings. The lowest BCUT2D eigenvalue weighted by Gasteiger charge is -2.33. The van der Waals surface area contributed by atoms with E-state index in [1.165, 1.54) is 57.3 Å². The van der Waals surface area contributed by atoms with Crippen LogP contribution in [-0.2, 0) is 12.8 Å². The Labute approximate surface area is 193 Å². The van der Waals surface area contributed by atoms with Crippen molar-refractivity contribution in [2.75, 3.05) is 49.2 Å². The molecule has 0 amide bonds. The normalized spacial score (nSPS) is 20.0. The van der Waals surface area contributed by atoms with E-state index in [1.807, 2.05) is 0 Å². The lowest BCUT2D eigenvalue weighted by atomic mass is 9.88. The number of hydrogen-bond acceptors (Lipinski definition) is 3. The van der Waals surface area contributed by atoms with Gasteiger partial charge in [0.15, 0.2) is 0 Å². The third-order valence-electron chi connectivity index (χ3n) is 7.62. The highest BCUT2D eigenvalue weighted by molar-refractivity contribution is 6.34. The van der Waals surface area contributed by atoms with Gasteiger partial charge in [0.2, 0.25) is 0 Å². The Kier molecular flexibility index (Phi) is 6.16. The van der Waals surface area contributed by atoms with E-state index in [4.69, 9.17) is 11.6 Å². The smallest absolute Gasteiger partial charge is 0.0708 e. The number of hydrogen-bond donors (Lipinski definition) is 0. The van der Waals surface area contributed by atoms with Crippen LogP contribution in [0.3, 0.4) is 0 Å². The second kappa shape index (κ2) is 9.03. The number of rotatable bonds is 5. The van der Waals surface area contributed by atoms with E-state index in [-0.39, 0.29) is 0 Å². The predicted octanol–water partition coefficient (Wildman–Crippen LogP) is 6.01. The Morgan fingerprint density at radius 3 is 2.55 bits per heavy atom. The van der Waals surface area contributed by atoms with Gasteiger partial charge in [0, 0.05) is 38.4 Å². The molecule has 0 N–H and O–H groups in total. The van der Waals surface area contributed by atoms with Crippen LogP contribution in [0.5, 0.6) is 0 Å². The molecule has 4 heteroatoms. The fourth-order valence-electron chi connectivity index (χ4n) is 5.72. The molecule has 1 atom stereocenters. The highest BCUT2D eigenvalue weighted by Crippen LogP contribution is 2.37. The average molecular weight is 438 g/mol. The zero-order valence-corrected chi connectivity index (χ0v) is 19.9. The predicted molar refractivity (Wildman–Crippen MR) is 133 cm³/mol. The van der Waals surface area contributed by atoms with Crippen LogP contribution in [-0.4, -0.2) is 44.3 Å². The van der Waals surface area contributed by atoms with E-state index in [0.717, 1.165) is 36.9 Å². The van der Waals surface area contributed by atoms with Gasteiger partial charge in [0.25, 0.3) is 0 Å². The molecule has 0 saturated carbocycles. The zero-order chi connectivity index (χ0) is 21.4. The number of nitrogens with zero attached hydrogens (tertiary/aromatic N) is 3. The molecular formula is C27H36ClN3. The Morgan fingerprint density at radius 1 is 0.935 bits per heavy atom. The molecule has 1 unspecified atom stereocenters. The third kappa shape index (κ3) is 4.32. The van der Waals surface area contributed by atoms with Crippen molar-refractivity contribution in [3.8, 4) is 0 Å². The molecule has 0 spiro atoms. The maximum absolute atomic E-state index is 6.58. The zero-order valence-electron chi connectivity index (χ0n) is 19.2. The lowest BCUT2D eigenvalue weighted by molar-refractivity contribution is 0.327. The van der Waals surface area contributed by atoms with Gasteiger partial charge in [0.1, 0.15) is 0 Å². The van der Waals surface area contributed by atoms with Gasteiger partial charge in [-0.25, -0.2) is 0 Å². The van der Waals surface area contributed by atoms with Gasteiger partial charge in [-0.05, 0) is 79.7 Å². The van der Waals surface area contributed by atoms with Gasteiger partial charge in [-0.3, -0.25) is 4.90 Å². The standard InChI is InChI=1S/C27H36ClN3/c1-20(11-14-29-15-16-31(19-29)25-10-5-7-21(2)26(25)28)24-17-22-8-3-4-12-30-13-6-9-23(18-24)27(22)30/h5,7,10,17-18,20H,3-4,6,8-9,11-16,19H2,1-2H3. The first-order chi connectivity index (χ1) is 15.1. The van der Waals surface area contributed by atoms with E-state index in [2.05, 4.69) is 58.9 Å². The van der Waals surface area contributed by atoms with Gasteiger partial charge in [0.05, 0.1) is 17.4 Å². The molecule has 0 aliphatic carbocycles. The Balaban J connectivity index is 1.24. The van der Waals surface area contributed by atoms with Crippen LogP contribution < -0.4 is 9.80 Å². The highest BCUT2D eigenvalue weighted by Gasteiger charge is 2.25. The van der Waals surface area contributed by atoms with E-state index in [0.29, 0.717) is 5.92 Å². The van der Waals surface area contributed by atoms with E-state index >= 15 is 0 Å². The summed E-state index contributed by atoms with van der Waals surface area (Å²) in [5, 5.41) is 0.908. The molecule has 3 aliphatic rings. The van der Waals surface area contributed by atoms with Gasteiger partial charge in [-0.2, -0.15) is 0 Å². The third-order valence-corrected chi connectivity index (χ3v) is 8.11. The van der Waals surface area contributed by atoms with Crippen LogP contribution in [0.2, 0.25) is 5.02 Å². The largest absolute Gasteiger partial charge is 0.371 e. The summed E-state index contributed by atoms with van der Waals surface area (Å²) in [6.45, 7) is 11.4. The van der Waals surface area contributed by atoms with Crippen molar-refractivity contribution in [1.82, 2.24) is 4.90 Å². The van der Waals surface area contributed by atoms with Crippen molar-refractivity contribution in [3.63, 3.8) is 0 Å². The van der Waals surface area contributed by atoms with Gasteiger partial charge >= 0.3 is 0 Å². The van der Waals surface area contributed by atoms with Crippen molar-refractivity contribution in [3.05, 3.63) is 57.6 Å². The quantitative estimate of drug-likeness (QED) is 0.567. The summed E-state index contributed by atoms with van der Waals surface area (Å²) >= 11 is 6.58. The van der Waals surface area contributed by atoms with Crippen molar-refractivity contribution in [2.45, 2.75) is 58.3 Å². The summed E-state index contributed by atoms with van der Waals surface area (Å²) in [5.74, 6) is 0.608. The first-order valence-corrected chi connectivity index (χ1v) is 12.6. The SMILES string of the molecule is Cc1cccc(N2CCN(CCC(C)c3cc4c5c(c3)CCCN5CCCC4)C2)c1Cl. The number of anilines is 2. The van der Waals surface area contributed by atoms with Gasteiger partial charge < -0.3 is 9.80 Å². The summed E-state index contributed by atoms with van der Waals surface area (Å²) in [6.07, 6.45) is 7.74. The summed E-state index contributed by atoms with van der Waals surface area (Å²) < 4.78 is 0. The maximum atomic E-state index is 6.58. The van der Waals surface area contributed by atoms with Crippen molar-refractivity contribution >= 4 is 23.0 Å². The first kappa shape index (κ1) is 21.2. The molecule has 166 valence electrons. The molecule has 0 radical (unpaired) electrons. The molecule has 3 nitrogen and oxygen atoms in total. The summed E-state index contributed by atoms with van der Waals surface area (Å²) in [4.78, 5) is 7.69. The van der Waals surface area contributed by atoms with Crippen LogP contribution in [0.25, 0.3) is 0 Å². The fourth-order valence-corrected chi connectivity index (χ4v) is 5.96. The molecule has 2 aromatic carbocycles. The summed E-state index contributed by atoms with van der Waals surface area (Å²) in [5.41, 5.74) is 8.76. The molecule has 3 aliphatic heterocycles. The van der Waals surface area contributed by atoms with E-state index in [1.54, 1.807) is 22.4 Å². The lowest BCUT2D eigenvalue weighted by Crippen LogP contribution is -2.30. The molecule has 2 aromatic rings. The summed E-state index contributed by atoms with van der Waals surface area (Å²) in [6, 6.07) is 11.5. The molecule has 5 rings (SSSR count). The topological polar surface area (TPSA) is 9.72 Å². The van der Waals surface area contributed by atoms with Gasteiger partial charge in [-0.1, -0.05) is 42.8 Å². The van der Waals surface area contributed by atoms with E-state index < -0.39 is 0 Å². The average Bonchev–Trinajstić information content (AvgIpc) is 3.15.